The molecule has 1 aromatic carbocycles. The number of carboxylic acids is 1. The smallest absolute Gasteiger partial charge is 0.306 e. The zero-order chi connectivity index (χ0) is 14.3. The van der Waals surface area contributed by atoms with Gasteiger partial charge in [0.15, 0.2) is 0 Å². The maximum absolute atomic E-state index is 11.3. The van der Waals surface area contributed by atoms with Gasteiger partial charge in [-0.15, -0.1) is 0 Å². The molecule has 0 aliphatic heterocycles. The van der Waals surface area contributed by atoms with Crippen molar-refractivity contribution >= 4 is 5.97 Å². The van der Waals surface area contributed by atoms with Crippen LogP contribution in [0.4, 0.5) is 0 Å². The van der Waals surface area contributed by atoms with Gasteiger partial charge in [0, 0.05) is 0 Å². The highest BCUT2D eigenvalue weighted by Crippen LogP contribution is 2.19. The predicted molar refractivity (Wildman–Crippen MR) is 76.5 cm³/mol. The predicted octanol–water partition coefficient (Wildman–Crippen LogP) is 3.76. The number of carbonyl (C=O) groups is 1. The molecule has 0 bridgehead atoms. The van der Waals surface area contributed by atoms with Crippen LogP contribution in [0.3, 0.4) is 0 Å². The molecule has 3 nitrogen and oxygen atoms in total. The Bertz CT molecular complexity index is 381. The maximum atomic E-state index is 11.3. The van der Waals surface area contributed by atoms with E-state index in [-0.39, 0.29) is 5.92 Å². The first-order valence-electron chi connectivity index (χ1n) is 6.88. The Labute approximate surface area is 115 Å². The SMILES string of the molecule is COc1ccc(CC(CCCC(C)C)C(=O)O)cc1. The van der Waals surface area contributed by atoms with Crippen LogP contribution in [0.5, 0.6) is 5.75 Å². The van der Waals surface area contributed by atoms with Gasteiger partial charge in [-0.1, -0.05) is 38.8 Å². The highest BCUT2D eigenvalue weighted by atomic mass is 16.5. The van der Waals surface area contributed by atoms with Crippen molar-refractivity contribution in [1.29, 1.82) is 0 Å². The molecule has 0 fully saturated rings. The highest BCUT2D eigenvalue weighted by Gasteiger charge is 2.17. The lowest BCUT2D eigenvalue weighted by molar-refractivity contribution is -0.142. The zero-order valence-corrected chi connectivity index (χ0v) is 12.1. The van der Waals surface area contributed by atoms with E-state index in [1.54, 1.807) is 7.11 Å². The van der Waals surface area contributed by atoms with E-state index < -0.39 is 5.97 Å². The monoisotopic (exact) mass is 264 g/mol. The average Bonchev–Trinajstić information content (AvgIpc) is 2.37. The Morgan fingerprint density at radius 2 is 1.84 bits per heavy atom. The molecule has 1 aromatic rings. The summed E-state index contributed by atoms with van der Waals surface area (Å²) in [6.45, 7) is 4.33. The number of aliphatic carboxylic acids is 1. The van der Waals surface area contributed by atoms with Crippen molar-refractivity contribution in [3.05, 3.63) is 29.8 Å². The Hall–Kier alpha value is -1.51. The van der Waals surface area contributed by atoms with Crippen LogP contribution in [0, 0.1) is 11.8 Å². The van der Waals surface area contributed by atoms with Crippen LogP contribution in [0.2, 0.25) is 0 Å². The van der Waals surface area contributed by atoms with Crippen molar-refractivity contribution in [3.8, 4) is 5.75 Å². The largest absolute Gasteiger partial charge is 0.497 e. The molecule has 0 heterocycles. The third-order valence-electron chi connectivity index (χ3n) is 3.32. The third-order valence-corrected chi connectivity index (χ3v) is 3.32. The van der Waals surface area contributed by atoms with Gasteiger partial charge in [-0.3, -0.25) is 4.79 Å². The summed E-state index contributed by atoms with van der Waals surface area (Å²) in [6, 6.07) is 7.64. The Morgan fingerprint density at radius 3 is 2.32 bits per heavy atom. The molecule has 0 aromatic heterocycles. The summed E-state index contributed by atoms with van der Waals surface area (Å²) in [4.78, 5) is 11.3. The van der Waals surface area contributed by atoms with E-state index in [4.69, 9.17) is 4.74 Å². The zero-order valence-electron chi connectivity index (χ0n) is 12.1. The van der Waals surface area contributed by atoms with Crippen LogP contribution < -0.4 is 4.74 Å². The fourth-order valence-electron chi connectivity index (χ4n) is 2.13. The van der Waals surface area contributed by atoms with Crippen LogP contribution >= 0.6 is 0 Å². The standard InChI is InChI=1S/C16H24O3/c1-12(2)5-4-6-14(16(17)18)11-13-7-9-15(19-3)10-8-13/h7-10,12,14H,4-6,11H2,1-3H3,(H,17,18). The highest BCUT2D eigenvalue weighted by molar-refractivity contribution is 5.70. The van der Waals surface area contributed by atoms with Crippen LogP contribution in [0.25, 0.3) is 0 Å². The van der Waals surface area contributed by atoms with Crippen molar-refractivity contribution in [2.45, 2.75) is 39.5 Å². The van der Waals surface area contributed by atoms with Gasteiger partial charge in [-0.2, -0.15) is 0 Å². The van der Waals surface area contributed by atoms with E-state index in [0.717, 1.165) is 30.6 Å². The Morgan fingerprint density at radius 1 is 1.21 bits per heavy atom. The molecule has 0 amide bonds. The molecule has 0 saturated carbocycles. The van der Waals surface area contributed by atoms with E-state index in [1.165, 1.54) is 0 Å². The third kappa shape index (κ3) is 5.77. The van der Waals surface area contributed by atoms with Crippen LogP contribution in [-0.4, -0.2) is 18.2 Å². The molecular formula is C16H24O3. The van der Waals surface area contributed by atoms with E-state index in [2.05, 4.69) is 13.8 Å². The van der Waals surface area contributed by atoms with Gasteiger partial charge in [-0.05, 0) is 36.5 Å². The molecular weight excluding hydrogens is 240 g/mol. The normalized spacial score (nSPS) is 12.4. The van der Waals surface area contributed by atoms with Crippen molar-refractivity contribution in [2.75, 3.05) is 7.11 Å². The molecule has 1 unspecified atom stereocenters. The molecule has 0 aliphatic rings. The Balaban J connectivity index is 2.54. The molecule has 3 heteroatoms. The van der Waals surface area contributed by atoms with E-state index in [0.29, 0.717) is 12.3 Å². The van der Waals surface area contributed by atoms with Crippen LogP contribution in [0.15, 0.2) is 24.3 Å². The summed E-state index contributed by atoms with van der Waals surface area (Å²) in [6.07, 6.45) is 3.41. The van der Waals surface area contributed by atoms with Crippen LogP contribution in [0.1, 0.15) is 38.7 Å². The second-order valence-electron chi connectivity index (χ2n) is 5.41. The van der Waals surface area contributed by atoms with Crippen molar-refractivity contribution < 1.29 is 14.6 Å². The summed E-state index contributed by atoms with van der Waals surface area (Å²) in [5.41, 5.74) is 1.05. The van der Waals surface area contributed by atoms with E-state index >= 15 is 0 Å². The Kier molecular flexibility index (Phi) is 6.40. The molecule has 0 spiro atoms. The molecule has 0 aliphatic carbocycles. The van der Waals surface area contributed by atoms with Crippen molar-refractivity contribution in [2.24, 2.45) is 11.8 Å². The number of hydrogen-bond donors (Lipinski definition) is 1. The van der Waals surface area contributed by atoms with Gasteiger partial charge in [-0.25, -0.2) is 0 Å². The lowest BCUT2D eigenvalue weighted by atomic mass is 9.92. The lowest BCUT2D eigenvalue weighted by Gasteiger charge is -2.13. The molecule has 19 heavy (non-hydrogen) atoms. The lowest BCUT2D eigenvalue weighted by Crippen LogP contribution is -2.16. The number of ether oxygens (including phenoxy) is 1. The molecule has 0 saturated heterocycles. The number of carboxylic acid groups (broad SMARTS) is 1. The number of hydrogen-bond acceptors (Lipinski definition) is 2. The minimum atomic E-state index is -0.695. The summed E-state index contributed by atoms with van der Waals surface area (Å²) >= 11 is 0. The van der Waals surface area contributed by atoms with Gasteiger partial charge < -0.3 is 9.84 Å². The van der Waals surface area contributed by atoms with E-state index in [9.17, 15) is 9.90 Å². The molecule has 0 radical (unpaired) electrons. The molecule has 106 valence electrons. The summed E-state index contributed by atoms with van der Waals surface area (Å²) in [5.74, 6) is 0.456. The summed E-state index contributed by atoms with van der Waals surface area (Å²) in [5, 5.41) is 9.28. The minimum Gasteiger partial charge on any atom is -0.497 e. The van der Waals surface area contributed by atoms with Gasteiger partial charge in [0.25, 0.3) is 0 Å². The molecule has 1 atom stereocenters. The molecule has 1 rings (SSSR count). The van der Waals surface area contributed by atoms with Crippen LogP contribution in [-0.2, 0) is 11.2 Å². The molecule has 1 N–H and O–H groups in total. The van der Waals surface area contributed by atoms with Crippen molar-refractivity contribution in [3.63, 3.8) is 0 Å². The van der Waals surface area contributed by atoms with Gasteiger partial charge in [0.2, 0.25) is 0 Å². The second-order valence-corrected chi connectivity index (χ2v) is 5.41. The minimum absolute atomic E-state index is 0.285. The summed E-state index contributed by atoms with van der Waals surface area (Å²) < 4.78 is 5.10. The number of benzene rings is 1. The summed E-state index contributed by atoms with van der Waals surface area (Å²) in [7, 11) is 1.63. The van der Waals surface area contributed by atoms with Gasteiger partial charge in [0.05, 0.1) is 13.0 Å². The second kappa shape index (κ2) is 7.82. The van der Waals surface area contributed by atoms with Gasteiger partial charge >= 0.3 is 5.97 Å². The maximum Gasteiger partial charge on any atom is 0.306 e. The quantitative estimate of drug-likeness (QED) is 0.777. The van der Waals surface area contributed by atoms with E-state index in [1.807, 2.05) is 24.3 Å². The first-order chi connectivity index (χ1) is 9.02. The van der Waals surface area contributed by atoms with Crippen molar-refractivity contribution in [1.82, 2.24) is 0 Å². The fourth-order valence-corrected chi connectivity index (χ4v) is 2.13. The number of rotatable bonds is 8. The first kappa shape index (κ1) is 15.5. The topological polar surface area (TPSA) is 46.5 Å². The fraction of sp³-hybridized carbons (Fsp3) is 0.562. The van der Waals surface area contributed by atoms with Gasteiger partial charge in [0.1, 0.15) is 5.75 Å². The first-order valence-corrected chi connectivity index (χ1v) is 6.88. The number of methoxy groups -OCH3 is 1. The average molecular weight is 264 g/mol.